The van der Waals surface area contributed by atoms with E-state index in [2.05, 4.69) is 16.0 Å². The summed E-state index contributed by atoms with van der Waals surface area (Å²) in [5.41, 5.74) is 2.06. The van der Waals surface area contributed by atoms with Gasteiger partial charge in [0, 0.05) is 26.5 Å². The molecule has 0 aromatic heterocycles. The summed E-state index contributed by atoms with van der Waals surface area (Å²) in [4.78, 5) is 27.3. The normalized spacial score (nSPS) is 17.8. The maximum absolute atomic E-state index is 12.7. The molecule has 156 valence electrons. The molecule has 30 heavy (non-hydrogen) atoms. The van der Waals surface area contributed by atoms with E-state index < -0.39 is 17.5 Å². The fraction of sp³-hybridized carbons (Fsp3) is 0.200. The van der Waals surface area contributed by atoms with Crippen molar-refractivity contribution >= 4 is 41.0 Å². The lowest BCUT2D eigenvalue weighted by Gasteiger charge is -2.15. The summed E-state index contributed by atoms with van der Waals surface area (Å²) in [5.74, 6) is -0.678. The first kappa shape index (κ1) is 20.7. The summed E-state index contributed by atoms with van der Waals surface area (Å²) in [5, 5.41) is 6.08. The second-order valence-corrected chi connectivity index (χ2v) is 8.98. The van der Waals surface area contributed by atoms with Gasteiger partial charge in [-0.3, -0.25) is 9.59 Å². The Hall–Kier alpha value is -2.59. The first-order chi connectivity index (χ1) is 14.2. The second-order valence-electron chi connectivity index (χ2n) is 6.66. The third-order valence-corrected chi connectivity index (χ3v) is 6.99. The molecule has 5 nitrogen and oxygen atoms in total. The summed E-state index contributed by atoms with van der Waals surface area (Å²) < 4.78 is 38.2. The van der Waals surface area contributed by atoms with Crippen molar-refractivity contribution in [1.29, 1.82) is 0 Å². The van der Waals surface area contributed by atoms with Crippen molar-refractivity contribution < 1.29 is 22.8 Å². The molecule has 0 saturated carbocycles. The second kappa shape index (κ2) is 7.92. The molecule has 2 aliphatic rings. The zero-order valence-electron chi connectivity index (χ0n) is 15.6. The Morgan fingerprint density at radius 2 is 1.93 bits per heavy atom. The van der Waals surface area contributed by atoms with Crippen molar-refractivity contribution in [3.05, 3.63) is 64.2 Å². The van der Waals surface area contributed by atoms with Crippen LogP contribution in [0.5, 0.6) is 0 Å². The highest BCUT2D eigenvalue weighted by Gasteiger charge is 2.42. The van der Waals surface area contributed by atoms with Gasteiger partial charge in [0.1, 0.15) is 0 Å². The van der Waals surface area contributed by atoms with Crippen LogP contribution in [0.2, 0.25) is 0 Å². The molecule has 0 saturated heterocycles. The molecular weight excluding hydrogens is 435 g/mol. The Morgan fingerprint density at radius 3 is 2.67 bits per heavy atom. The minimum atomic E-state index is -4.37. The molecule has 2 heterocycles. The van der Waals surface area contributed by atoms with Gasteiger partial charge in [0.2, 0.25) is 0 Å². The van der Waals surface area contributed by atoms with E-state index >= 15 is 0 Å². The number of hydrogen-bond donors (Lipinski definition) is 3. The van der Waals surface area contributed by atoms with Crippen molar-refractivity contribution in [2.24, 2.45) is 0 Å². The lowest BCUT2D eigenvalue weighted by atomic mass is 10.1. The van der Waals surface area contributed by atoms with E-state index in [0.717, 1.165) is 9.79 Å². The van der Waals surface area contributed by atoms with Crippen molar-refractivity contribution in [1.82, 2.24) is 10.6 Å². The average Bonchev–Trinajstić information content (AvgIpc) is 3.13. The molecule has 2 aliphatic heterocycles. The zero-order chi connectivity index (χ0) is 21.5. The highest BCUT2D eigenvalue weighted by molar-refractivity contribution is 8.04. The van der Waals surface area contributed by atoms with Crippen molar-refractivity contribution in [3.63, 3.8) is 0 Å². The van der Waals surface area contributed by atoms with E-state index in [9.17, 15) is 22.8 Å². The van der Waals surface area contributed by atoms with Crippen LogP contribution in [-0.4, -0.2) is 29.9 Å². The maximum atomic E-state index is 12.7. The van der Waals surface area contributed by atoms with Crippen LogP contribution in [0.15, 0.2) is 57.3 Å². The van der Waals surface area contributed by atoms with Crippen LogP contribution in [0.3, 0.4) is 0 Å². The first-order valence-electron chi connectivity index (χ1n) is 8.92. The quantitative estimate of drug-likeness (QED) is 0.641. The molecule has 2 aromatic rings. The van der Waals surface area contributed by atoms with E-state index in [-0.39, 0.29) is 12.5 Å². The number of thioether (sulfide) groups is 1. The fourth-order valence-corrected chi connectivity index (χ4v) is 5.08. The first-order valence-corrected chi connectivity index (χ1v) is 10.6. The van der Waals surface area contributed by atoms with Crippen LogP contribution in [0.4, 0.5) is 18.9 Å². The van der Waals surface area contributed by atoms with Crippen LogP contribution in [0.1, 0.15) is 26.3 Å². The molecule has 4 rings (SSSR count). The van der Waals surface area contributed by atoms with Crippen LogP contribution in [-0.2, 0) is 0 Å². The molecule has 2 amide bonds. The number of fused-ring (bicyclic) bond motifs is 2. The van der Waals surface area contributed by atoms with E-state index in [1.54, 1.807) is 31.2 Å². The van der Waals surface area contributed by atoms with Crippen LogP contribution < -0.4 is 16.0 Å². The molecule has 0 fully saturated rings. The minimum Gasteiger partial charge on any atom is -0.371 e. The fourth-order valence-electron chi connectivity index (χ4n) is 3.12. The minimum absolute atomic E-state index is 0.0217. The molecule has 0 bridgehead atoms. The van der Waals surface area contributed by atoms with E-state index in [1.165, 1.54) is 18.0 Å². The summed E-state index contributed by atoms with van der Waals surface area (Å²) >= 11 is 2.06. The van der Waals surface area contributed by atoms with Crippen molar-refractivity contribution in [3.8, 4) is 0 Å². The summed E-state index contributed by atoms with van der Waals surface area (Å²) in [6.07, 6.45) is -3.10. The van der Waals surface area contributed by atoms with Gasteiger partial charge in [-0.2, -0.15) is 13.2 Å². The smallest absolute Gasteiger partial charge is 0.371 e. The molecule has 1 atom stereocenters. The lowest BCUT2D eigenvalue weighted by molar-refractivity contribution is -0.131. The van der Waals surface area contributed by atoms with E-state index in [1.807, 2.05) is 12.1 Å². The van der Waals surface area contributed by atoms with Gasteiger partial charge >= 0.3 is 6.18 Å². The standard InChI is InChI=1S/C20H16F3N3O2S2/c1-10-12(17(27)24-8-11-9-25-19(29-11)20(21,22)23)6-7-15-16(10)26-18(28)13-4-2-3-5-14(13)30-15/h2-7,9,19,25H,8H2,1H3,(H,24,27)(H,26,28). The highest BCUT2D eigenvalue weighted by Crippen LogP contribution is 2.41. The Labute approximate surface area is 178 Å². The lowest BCUT2D eigenvalue weighted by Crippen LogP contribution is -2.33. The Balaban J connectivity index is 1.49. The van der Waals surface area contributed by atoms with Gasteiger partial charge in [0.15, 0.2) is 5.37 Å². The number of benzene rings is 2. The molecule has 2 aromatic carbocycles. The SMILES string of the molecule is Cc1c(C(=O)NCC2=CNC(C(F)(F)F)S2)ccc2c1NC(=O)c1ccccc1S2. The summed E-state index contributed by atoms with van der Waals surface area (Å²) in [7, 11) is 0. The number of rotatable bonds is 3. The van der Waals surface area contributed by atoms with E-state index in [0.29, 0.717) is 39.0 Å². The van der Waals surface area contributed by atoms with Gasteiger partial charge in [0.25, 0.3) is 11.8 Å². The highest BCUT2D eigenvalue weighted by atomic mass is 32.2. The number of alkyl halides is 3. The van der Waals surface area contributed by atoms with Crippen LogP contribution >= 0.6 is 23.5 Å². The summed E-state index contributed by atoms with van der Waals surface area (Å²) in [6, 6.07) is 10.7. The molecule has 0 radical (unpaired) electrons. The number of amides is 2. The number of nitrogens with one attached hydrogen (secondary N) is 3. The summed E-state index contributed by atoms with van der Waals surface area (Å²) in [6.45, 7) is 1.71. The van der Waals surface area contributed by atoms with Gasteiger partial charge in [-0.1, -0.05) is 35.7 Å². The zero-order valence-corrected chi connectivity index (χ0v) is 17.2. The number of halogens is 3. The Morgan fingerprint density at radius 1 is 1.17 bits per heavy atom. The molecule has 1 unspecified atom stereocenters. The molecule has 10 heteroatoms. The van der Waals surface area contributed by atoms with Gasteiger partial charge < -0.3 is 16.0 Å². The van der Waals surface area contributed by atoms with Gasteiger partial charge in [0.05, 0.1) is 17.8 Å². The Kier molecular flexibility index (Phi) is 5.46. The predicted molar refractivity (Wildman–Crippen MR) is 111 cm³/mol. The number of hydrogen-bond acceptors (Lipinski definition) is 5. The number of anilines is 1. The van der Waals surface area contributed by atoms with Gasteiger partial charge in [-0.25, -0.2) is 0 Å². The molecule has 0 spiro atoms. The third kappa shape index (κ3) is 4.01. The average molecular weight is 451 g/mol. The van der Waals surface area contributed by atoms with Crippen molar-refractivity contribution in [2.75, 3.05) is 11.9 Å². The molecule has 0 aliphatic carbocycles. The Bertz CT molecular complexity index is 1070. The van der Waals surface area contributed by atoms with Gasteiger partial charge in [-0.15, -0.1) is 0 Å². The van der Waals surface area contributed by atoms with Crippen LogP contribution in [0, 0.1) is 6.92 Å². The third-order valence-electron chi connectivity index (χ3n) is 4.65. The molecular formula is C20H16F3N3O2S2. The molecule has 3 N–H and O–H groups in total. The predicted octanol–water partition coefficient (Wildman–Crippen LogP) is 4.51. The number of carbonyl (C=O) groups excluding carboxylic acids is 2. The van der Waals surface area contributed by atoms with Crippen molar-refractivity contribution in [2.45, 2.75) is 28.3 Å². The monoisotopic (exact) mass is 451 g/mol. The van der Waals surface area contributed by atoms with E-state index in [4.69, 9.17) is 0 Å². The van der Waals surface area contributed by atoms with Gasteiger partial charge in [-0.05, 0) is 36.8 Å². The topological polar surface area (TPSA) is 70.2 Å². The maximum Gasteiger partial charge on any atom is 0.418 e. The number of carbonyl (C=O) groups is 2. The largest absolute Gasteiger partial charge is 0.418 e. The van der Waals surface area contributed by atoms with Crippen LogP contribution in [0.25, 0.3) is 0 Å².